The summed E-state index contributed by atoms with van der Waals surface area (Å²) in [6.45, 7) is 4.10. The largest absolute Gasteiger partial charge is 0.307 e. The number of nitrogens with one attached hydrogen (secondary N) is 1. The Morgan fingerprint density at radius 2 is 2.06 bits per heavy atom. The molecule has 0 aliphatic carbocycles. The maximum atomic E-state index is 12.9. The second-order valence-corrected chi connectivity index (χ2v) is 3.74. The number of carbonyl (C=O) groups is 1. The lowest BCUT2D eigenvalue weighted by molar-refractivity contribution is 0.0987. The molecule has 1 atom stereocenters. The normalized spacial score (nSPS) is 12.5. The van der Waals surface area contributed by atoms with Gasteiger partial charge in [0, 0.05) is 11.6 Å². The highest BCUT2D eigenvalue weighted by Crippen LogP contribution is 2.09. The topological polar surface area (TPSA) is 29.1 Å². The zero-order valence-electron chi connectivity index (χ0n) is 9.39. The molecule has 0 amide bonds. The van der Waals surface area contributed by atoms with Crippen LogP contribution in [0.5, 0.6) is 0 Å². The van der Waals surface area contributed by atoms with Crippen molar-refractivity contribution < 1.29 is 13.6 Å². The molecule has 1 N–H and O–H groups in total. The molecule has 0 aromatic heterocycles. The van der Waals surface area contributed by atoms with E-state index in [1.807, 2.05) is 13.8 Å². The number of ketones is 1. The number of hydrogen-bond acceptors (Lipinski definition) is 2. The fraction of sp³-hybridized carbons (Fsp3) is 0.417. The highest BCUT2D eigenvalue weighted by atomic mass is 19.2. The van der Waals surface area contributed by atoms with E-state index in [9.17, 15) is 13.6 Å². The van der Waals surface area contributed by atoms with Gasteiger partial charge in [-0.05, 0) is 31.5 Å². The third kappa shape index (κ3) is 3.38. The van der Waals surface area contributed by atoms with E-state index >= 15 is 0 Å². The van der Waals surface area contributed by atoms with Gasteiger partial charge in [0.2, 0.25) is 0 Å². The summed E-state index contributed by atoms with van der Waals surface area (Å²) in [5.41, 5.74) is 0.190. The minimum absolute atomic E-state index is 0.139. The van der Waals surface area contributed by atoms with Crippen LogP contribution in [0.15, 0.2) is 18.2 Å². The molecular formula is C12H15F2NO. The lowest BCUT2D eigenvalue weighted by atomic mass is 10.1. The molecule has 0 fully saturated rings. The van der Waals surface area contributed by atoms with E-state index in [0.29, 0.717) is 0 Å². The fourth-order valence-corrected chi connectivity index (χ4v) is 1.18. The standard InChI is InChI=1S/C12H15F2NO/c1-3-8(2)15-7-12(16)9-4-5-10(13)11(14)6-9/h4-6,8,15H,3,7H2,1-2H3. The lowest BCUT2D eigenvalue weighted by Crippen LogP contribution is -2.30. The predicted octanol–water partition coefficient (Wildman–Crippen LogP) is 2.54. The van der Waals surface area contributed by atoms with Crippen LogP contribution in [0, 0.1) is 11.6 Å². The van der Waals surface area contributed by atoms with Crippen molar-refractivity contribution in [2.45, 2.75) is 26.3 Å². The second-order valence-electron chi connectivity index (χ2n) is 3.74. The molecule has 4 heteroatoms. The molecule has 0 saturated carbocycles. The van der Waals surface area contributed by atoms with Gasteiger partial charge in [0.1, 0.15) is 0 Å². The molecule has 0 aliphatic heterocycles. The van der Waals surface area contributed by atoms with Crippen LogP contribution in [0.3, 0.4) is 0 Å². The molecule has 0 saturated heterocycles. The van der Waals surface area contributed by atoms with Crippen LogP contribution in [-0.4, -0.2) is 18.4 Å². The zero-order valence-corrected chi connectivity index (χ0v) is 9.39. The average molecular weight is 227 g/mol. The SMILES string of the molecule is CCC(C)NCC(=O)c1ccc(F)c(F)c1. The number of benzene rings is 1. The molecule has 1 rings (SSSR count). The third-order valence-corrected chi connectivity index (χ3v) is 2.47. The van der Waals surface area contributed by atoms with Gasteiger partial charge in [0.05, 0.1) is 6.54 Å². The summed E-state index contributed by atoms with van der Waals surface area (Å²) in [7, 11) is 0. The van der Waals surface area contributed by atoms with Gasteiger partial charge in [-0.2, -0.15) is 0 Å². The number of rotatable bonds is 5. The highest BCUT2D eigenvalue weighted by molar-refractivity contribution is 5.97. The maximum absolute atomic E-state index is 12.9. The van der Waals surface area contributed by atoms with Gasteiger partial charge in [-0.15, -0.1) is 0 Å². The molecule has 0 heterocycles. The first-order valence-corrected chi connectivity index (χ1v) is 5.26. The van der Waals surface area contributed by atoms with Crippen molar-refractivity contribution in [2.24, 2.45) is 0 Å². The second kappa shape index (κ2) is 5.70. The minimum atomic E-state index is -0.991. The number of hydrogen-bond donors (Lipinski definition) is 1. The van der Waals surface area contributed by atoms with Crippen molar-refractivity contribution in [3.05, 3.63) is 35.4 Å². The highest BCUT2D eigenvalue weighted by Gasteiger charge is 2.10. The fourth-order valence-electron chi connectivity index (χ4n) is 1.18. The average Bonchev–Trinajstić information content (AvgIpc) is 2.29. The number of carbonyl (C=O) groups excluding carboxylic acids is 1. The summed E-state index contributed by atoms with van der Waals surface area (Å²) in [5, 5.41) is 3.00. The van der Waals surface area contributed by atoms with Gasteiger partial charge in [0.15, 0.2) is 17.4 Å². The van der Waals surface area contributed by atoms with E-state index < -0.39 is 11.6 Å². The Morgan fingerprint density at radius 1 is 1.38 bits per heavy atom. The first-order chi connectivity index (χ1) is 7.54. The van der Waals surface area contributed by atoms with Crippen LogP contribution in [0.2, 0.25) is 0 Å². The summed E-state index contributed by atoms with van der Waals surface area (Å²) in [5.74, 6) is -2.17. The Balaban J connectivity index is 2.63. The minimum Gasteiger partial charge on any atom is -0.307 e. The molecule has 1 unspecified atom stereocenters. The quantitative estimate of drug-likeness (QED) is 0.783. The van der Waals surface area contributed by atoms with Gasteiger partial charge in [-0.1, -0.05) is 6.92 Å². The molecule has 0 aliphatic rings. The summed E-state index contributed by atoms with van der Waals surface area (Å²) in [6.07, 6.45) is 0.908. The van der Waals surface area contributed by atoms with Crippen molar-refractivity contribution in [2.75, 3.05) is 6.54 Å². The van der Waals surface area contributed by atoms with Crippen LogP contribution in [-0.2, 0) is 0 Å². The van der Waals surface area contributed by atoms with E-state index in [1.54, 1.807) is 0 Å². The zero-order chi connectivity index (χ0) is 12.1. The summed E-state index contributed by atoms with van der Waals surface area (Å²) >= 11 is 0. The maximum Gasteiger partial charge on any atom is 0.176 e. The van der Waals surface area contributed by atoms with Crippen LogP contribution >= 0.6 is 0 Å². The molecule has 88 valence electrons. The monoisotopic (exact) mass is 227 g/mol. The predicted molar refractivity (Wildman–Crippen MR) is 58.4 cm³/mol. The van der Waals surface area contributed by atoms with Gasteiger partial charge in [-0.3, -0.25) is 4.79 Å². The van der Waals surface area contributed by atoms with Crippen molar-refractivity contribution in [1.82, 2.24) is 5.32 Å². The van der Waals surface area contributed by atoms with Crippen LogP contribution in [0.1, 0.15) is 30.6 Å². The van der Waals surface area contributed by atoms with Crippen LogP contribution < -0.4 is 5.32 Å². The van der Waals surface area contributed by atoms with Crippen molar-refractivity contribution in [1.29, 1.82) is 0 Å². The summed E-state index contributed by atoms with van der Waals surface area (Å²) in [6, 6.07) is 3.41. The van der Waals surface area contributed by atoms with Gasteiger partial charge < -0.3 is 5.32 Å². The molecule has 0 spiro atoms. The molecule has 1 aromatic rings. The molecule has 0 radical (unpaired) electrons. The van der Waals surface area contributed by atoms with Gasteiger partial charge >= 0.3 is 0 Å². The molecular weight excluding hydrogens is 212 g/mol. The summed E-state index contributed by atoms with van der Waals surface area (Å²) in [4.78, 5) is 11.6. The molecule has 2 nitrogen and oxygen atoms in total. The van der Waals surface area contributed by atoms with Gasteiger partial charge in [0.25, 0.3) is 0 Å². The van der Waals surface area contributed by atoms with E-state index in [4.69, 9.17) is 0 Å². The van der Waals surface area contributed by atoms with E-state index in [-0.39, 0.29) is 23.9 Å². The molecule has 16 heavy (non-hydrogen) atoms. The Hall–Kier alpha value is -1.29. The van der Waals surface area contributed by atoms with E-state index in [1.165, 1.54) is 6.07 Å². The molecule has 1 aromatic carbocycles. The first-order valence-electron chi connectivity index (χ1n) is 5.26. The third-order valence-electron chi connectivity index (χ3n) is 2.47. The first kappa shape index (κ1) is 12.8. The van der Waals surface area contributed by atoms with Crippen molar-refractivity contribution in [3.63, 3.8) is 0 Å². The Labute approximate surface area is 93.7 Å². The Kier molecular flexibility index (Phi) is 4.55. The van der Waals surface area contributed by atoms with Crippen molar-refractivity contribution >= 4 is 5.78 Å². The molecule has 0 bridgehead atoms. The van der Waals surface area contributed by atoms with E-state index in [0.717, 1.165) is 18.6 Å². The lowest BCUT2D eigenvalue weighted by Gasteiger charge is -2.10. The van der Waals surface area contributed by atoms with Crippen LogP contribution in [0.25, 0.3) is 0 Å². The van der Waals surface area contributed by atoms with E-state index in [2.05, 4.69) is 5.32 Å². The smallest absolute Gasteiger partial charge is 0.176 e. The van der Waals surface area contributed by atoms with Crippen LogP contribution in [0.4, 0.5) is 8.78 Å². The van der Waals surface area contributed by atoms with Gasteiger partial charge in [-0.25, -0.2) is 8.78 Å². The number of halogens is 2. The van der Waals surface area contributed by atoms with Crippen molar-refractivity contribution in [3.8, 4) is 0 Å². The Bertz CT molecular complexity index is 379. The summed E-state index contributed by atoms with van der Waals surface area (Å²) < 4.78 is 25.5. The number of Topliss-reactive ketones (excluding diaryl/α,β-unsaturated/α-hetero) is 1. The Morgan fingerprint density at radius 3 is 2.62 bits per heavy atom.